The Labute approximate surface area is 123 Å². The van der Waals surface area contributed by atoms with Crippen LogP contribution in [0.5, 0.6) is 0 Å². The predicted octanol–water partition coefficient (Wildman–Crippen LogP) is 2.25. The molecular formula is C16H28N4. The van der Waals surface area contributed by atoms with Crippen LogP contribution in [0.3, 0.4) is 0 Å². The Morgan fingerprint density at radius 2 is 1.95 bits per heavy atom. The smallest absolute Gasteiger partial charge is 0.191 e. The average molecular weight is 276 g/mol. The van der Waals surface area contributed by atoms with E-state index in [-0.39, 0.29) is 6.04 Å². The number of aliphatic imine (C=N–C) groups is 1. The minimum atomic E-state index is 0.253. The first-order valence-electron chi connectivity index (χ1n) is 7.38. The molecule has 112 valence electrons. The lowest BCUT2D eigenvalue weighted by molar-refractivity contribution is 0.403. The van der Waals surface area contributed by atoms with E-state index in [9.17, 15) is 0 Å². The van der Waals surface area contributed by atoms with Gasteiger partial charge in [0.1, 0.15) is 0 Å². The maximum absolute atomic E-state index is 4.62. The number of rotatable bonds is 7. The normalized spacial score (nSPS) is 13.3. The van der Waals surface area contributed by atoms with E-state index in [1.165, 1.54) is 5.56 Å². The highest BCUT2D eigenvalue weighted by Crippen LogP contribution is 2.10. The molecule has 20 heavy (non-hydrogen) atoms. The van der Waals surface area contributed by atoms with Gasteiger partial charge in [0.2, 0.25) is 0 Å². The molecule has 0 aliphatic heterocycles. The van der Waals surface area contributed by atoms with Crippen LogP contribution < -0.4 is 10.6 Å². The van der Waals surface area contributed by atoms with Crippen LogP contribution in [0, 0.1) is 0 Å². The van der Waals surface area contributed by atoms with Crippen molar-refractivity contribution in [3.63, 3.8) is 0 Å². The fraction of sp³-hybridized carbons (Fsp3) is 0.562. The van der Waals surface area contributed by atoms with Crippen molar-refractivity contribution in [3.05, 3.63) is 35.9 Å². The Morgan fingerprint density at radius 1 is 1.25 bits per heavy atom. The first-order valence-corrected chi connectivity index (χ1v) is 7.38. The van der Waals surface area contributed by atoms with E-state index in [0.717, 1.165) is 32.0 Å². The summed E-state index contributed by atoms with van der Waals surface area (Å²) in [5.74, 6) is 0.891. The molecule has 0 aliphatic carbocycles. The summed E-state index contributed by atoms with van der Waals surface area (Å²) in [5.41, 5.74) is 1.27. The molecule has 0 radical (unpaired) electrons. The minimum Gasteiger partial charge on any atom is -0.357 e. The van der Waals surface area contributed by atoms with Crippen LogP contribution in [0.4, 0.5) is 0 Å². The van der Waals surface area contributed by atoms with E-state index in [4.69, 9.17) is 0 Å². The standard InChI is InChI=1S/C16H28N4/c1-5-17-16(18-12-9-13-20(3)4)19-14(2)15-10-7-6-8-11-15/h6-8,10-11,14H,5,9,12-13H2,1-4H3,(H2,17,18,19). The largest absolute Gasteiger partial charge is 0.357 e. The van der Waals surface area contributed by atoms with Gasteiger partial charge in [-0.05, 0) is 46.5 Å². The maximum atomic E-state index is 4.62. The zero-order valence-electron chi connectivity index (χ0n) is 13.2. The maximum Gasteiger partial charge on any atom is 0.191 e. The van der Waals surface area contributed by atoms with Crippen LogP contribution in [-0.2, 0) is 0 Å². The molecular weight excluding hydrogens is 248 g/mol. The number of guanidine groups is 1. The highest BCUT2D eigenvalue weighted by Gasteiger charge is 2.06. The van der Waals surface area contributed by atoms with E-state index in [2.05, 4.69) is 72.7 Å². The van der Waals surface area contributed by atoms with Gasteiger partial charge in [-0.3, -0.25) is 4.99 Å². The van der Waals surface area contributed by atoms with Crippen molar-refractivity contribution in [3.8, 4) is 0 Å². The fourth-order valence-corrected chi connectivity index (χ4v) is 1.93. The molecule has 4 heteroatoms. The van der Waals surface area contributed by atoms with Crippen LogP contribution >= 0.6 is 0 Å². The third kappa shape index (κ3) is 6.57. The lowest BCUT2D eigenvalue weighted by Gasteiger charge is -2.18. The molecule has 1 aromatic carbocycles. The first kappa shape index (κ1) is 16.5. The molecule has 1 unspecified atom stereocenters. The van der Waals surface area contributed by atoms with Crippen molar-refractivity contribution in [1.82, 2.24) is 15.5 Å². The average Bonchev–Trinajstić information content (AvgIpc) is 2.44. The van der Waals surface area contributed by atoms with Gasteiger partial charge >= 0.3 is 0 Å². The van der Waals surface area contributed by atoms with Gasteiger partial charge in [-0.1, -0.05) is 30.3 Å². The molecule has 1 atom stereocenters. The fourth-order valence-electron chi connectivity index (χ4n) is 1.93. The third-order valence-corrected chi connectivity index (χ3v) is 3.03. The molecule has 0 saturated carbocycles. The van der Waals surface area contributed by atoms with E-state index in [1.54, 1.807) is 0 Å². The van der Waals surface area contributed by atoms with Gasteiger partial charge in [0.25, 0.3) is 0 Å². The molecule has 0 bridgehead atoms. The van der Waals surface area contributed by atoms with Crippen LogP contribution in [0.2, 0.25) is 0 Å². The van der Waals surface area contributed by atoms with Crippen LogP contribution in [0.25, 0.3) is 0 Å². The molecule has 0 spiro atoms. The van der Waals surface area contributed by atoms with Gasteiger partial charge in [0, 0.05) is 13.1 Å². The Morgan fingerprint density at radius 3 is 2.55 bits per heavy atom. The van der Waals surface area contributed by atoms with E-state index in [1.807, 2.05) is 6.07 Å². The summed E-state index contributed by atoms with van der Waals surface area (Å²) in [6, 6.07) is 10.7. The predicted molar refractivity (Wildman–Crippen MR) is 87.1 cm³/mol. The molecule has 0 heterocycles. The van der Waals surface area contributed by atoms with Crippen LogP contribution in [0.15, 0.2) is 35.3 Å². The molecule has 0 amide bonds. The topological polar surface area (TPSA) is 39.7 Å². The monoisotopic (exact) mass is 276 g/mol. The first-order chi connectivity index (χ1) is 9.63. The van der Waals surface area contributed by atoms with Gasteiger partial charge < -0.3 is 15.5 Å². The van der Waals surface area contributed by atoms with Crippen molar-refractivity contribution in [2.75, 3.05) is 33.7 Å². The van der Waals surface area contributed by atoms with Gasteiger partial charge in [-0.2, -0.15) is 0 Å². The van der Waals surface area contributed by atoms with E-state index < -0.39 is 0 Å². The molecule has 0 aromatic heterocycles. The van der Waals surface area contributed by atoms with Gasteiger partial charge in [0.05, 0.1) is 6.04 Å². The second-order valence-electron chi connectivity index (χ2n) is 5.19. The Kier molecular flexibility index (Phi) is 7.73. The van der Waals surface area contributed by atoms with Crippen molar-refractivity contribution in [2.45, 2.75) is 26.3 Å². The zero-order valence-corrected chi connectivity index (χ0v) is 13.2. The number of nitrogens with zero attached hydrogens (tertiary/aromatic N) is 2. The lowest BCUT2D eigenvalue weighted by atomic mass is 10.1. The number of nitrogens with one attached hydrogen (secondary N) is 2. The minimum absolute atomic E-state index is 0.253. The third-order valence-electron chi connectivity index (χ3n) is 3.03. The summed E-state index contributed by atoms with van der Waals surface area (Å²) in [6.45, 7) is 7.03. The van der Waals surface area contributed by atoms with Gasteiger partial charge in [0.15, 0.2) is 5.96 Å². The molecule has 0 saturated heterocycles. The summed E-state index contributed by atoms with van der Waals surface area (Å²) in [5, 5.41) is 6.74. The molecule has 2 N–H and O–H groups in total. The Bertz CT molecular complexity index is 387. The van der Waals surface area contributed by atoms with Crippen LogP contribution in [0.1, 0.15) is 31.9 Å². The number of benzene rings is 1. The molecule has 1 aromatic rings. The van der Waals surface area contributed by atoms with E-state index >= 15 is 0 Å². The summed E-state index contributed by atoms with van der Waals surface area (Å²) in [6.07, 6.45) is 1.07. The summed E-state index contributed by atoms with van der Waals surface area (Å²) < 4.78 is 0. The quantitative estimate of drug-likeness (QED) is 0.456. The lowest BCUT2D eigenvalue weighted by Crippen LogP contribution is -2.38. The summed E-state index contributed by atoms with van der Waals surface area (Å²) >= 11 is 0. The SMILES string of the molecule is CCNC(=NCCCN(C)C)NC(C)c1ccccc1. The Hall–Kier alpha value is -1.55. The molecule has 0 aliphatic rings. The zero-order chi connectivity index (χ0) is 14.8. The van der Waals surface area contributed by atoms with Crippen molar-refractivity contribution < 1.29 is 0 Å². The van der Waals surface area contributed by atoms with Crippen molar-refractivity contribution >= 4 is 5.96 Å². The van der Waals surface area contributed by atoms with Gasteiger partial charge in [-0.15, -0.1) is 0 Å². The van der Waals surface area contributed by atoms with Gasteiger partial charge in [-0.25, -0.2) is 0 Å². The van der Waals surface area contributed by atoms with Crippen molar-refractivity contribution in [2.24, 2.45) is 4.99 Å². The number of hydrogen-bond acceptors (Lipinski definition) is 2. The molecule has 0 fully saturated rings. The molecule has 1 rings (SSSR count). The van der Waals surface area contributed by atoms with Crippen molar-refractivity contribution in [1.29, 1.82) is 0 Å². The Balaban J connectivity index is 2.51. The summed E-state index contributed by atoms with van der Waals surface area (Å²) in [7, 11) is 4.18. The highest BCUT2D eigenvalue weighted by atomic mass is 15.2. The van der Waals surface area contributed by atoms with Crippen LogP contribution in [-0.4, -0.2) is 44.6 Å². The second kappa shape index (κ2) is 9.37. The second-order valence-corrected chi connectivity index (χ2v) is 5.19. The number of hydrogen-bond donors (Lipinski definition) is 2. The highest BCUT2D eigenvalue weighted by molar-refractivity contribution is 5.80. The summed E-state index contributed by atoms with van der Waals surface area (Å²) in [4.78, 5) is 6.80. The molecule has 4 nitrogen and oxygen atoms in total. The van der Waals surface area contributed by atoms with E-state index in [0.29, 0.717) is 0 Å².